The molecular weight excluding hydrogens is 317 g/mol. The Balaban J connectivity index is 2.72. The zero-order valence-corrected chi connectivity index (χ0v) is 12.0. The van der Waals surface area contributed by atoms with E-state index < -0.39 is 5.82 Å². The Hall–Kier alpha value is -0.470. The normalized spacial score (nSPS) is 10.7. The monoisotopic (exact) mass is 322 g/mol. The standard InChI is InChI=1S/C13H7Cl4F/c14-6-7-1-4-11(18)8(5-7)12-9(15)2-3-10(16)13(12)17/h1-5H,6H2. The van der Waals surface area contributed by atoms with Gasteiger partial charge in [0.25, 0.3) is 0 Å². The molecule has 0 amide bonds. The van der Waals surface area contributed by atoms with Gasteiger partial charge in [-0.25, -0.2) is 4.39 Å². The summed E-state index contributed by atoms with van der Waals surface area (Å²) in [5.74, 6) is -0.141. The quantitative estimate of drug-likeness (QED) is 0.456. The summed E-state index contributed by atoms with van der Waals surface area (Å²) in [6.45, 7) is 0. The summed E-state index contributed by atoms with van der Waals surface area (Å²) >= 11 is 23.8. The Bertz CT molecular complexity index is 596. The molecule has 0 saturated heterocycles. The smallest absolute Gasteiger partial charge is 0.131 e. The Labute approximate surface area is 124 Å². The summed E-state index contributed by atoms with van der Waals surface area (Å²) in [5.41, 5.74) is 1.46. The predicted molar refractivity (Wildman–Crippen MR) is 76.4 cm³/mol. The molecule has 0 saturated carbocycles. The third kappa shape index (κ3) is 2.60. The van der Waals surface area contributed by atoms with Gasteiger partial charge in [-0.05, 0) is 29.8 Å². The number of halogens is 5. The second kappa shape index (κ2) is 5.66. The van der Waals surface area contributed by atoms with Crippen molar-refractivity contribution >= 4 is 46.4 Å². The van der Waals surface area contributed by atoms with Gasteiger partial charge in [0.2, 0.25) is 0 Å². The molecule has 2 aromatic carbocycles. The maximum atomic E-state index is 13.9. The number of benzene rings is 2. The molecule has 0 aliphatic heterocycles. The van der Waals surface area contributed by atoms with E-state index in [0.29, 0.717) is 21.2 Å². The Morgan fingerprint density at radius 3 is 2.28 bits per heavy atom. The third-order valence-electron chi connectivity index (χ3n) is 2.50. The summed E-state index contributed by atoms with van der Waals surface area (Å²) in [7, 11) is 0. The average molecular weight is 324 g/mol. The first kappa shape index (κ1) is 14.0. The lowest BCUT2D eigenvalue weighted by atomic mass is 10.0. The first-order valence-corrected chi connectivity index (χ1v) is 6.69. The Morgan fingerprint density at radius 1 is 0.944 bits per heavy atom. The molecule has 0 fully saturated rings. The number of hydrogen-bond donors (Lipinski definition) is 0. The molecule has 2 aromatic rings. The summed E-state index contributed by atoms with van der Waals surface area (Å²) in [6, 6.07) is 7.71. The van der Waals surface area contributed by atoms with Crippen LogP contribution in [0.5, 0.6) is 0 Å². The van der Waals surface area contributed by atoms with Gasteiger partial charge in [-0.15, -0.1) is 11.6 Å². The van der Waals surface area contributed by atoms with Crippen LogP contribution < -0.4 is 0 Å². The van der Waals surface area contributed by atoms with Crippen molar-refractivity contribution < 1.29 is 4.39 Å². The molecule has 94 valence electrons. The Kier molecular flexibility index (Phi) is 4.39. The van der Waals surface area contributed by atoms with Gasteiger partial charge in [0.15, 0.2) is 0 Å². The second-order valence-electron chi connectivity index (χ2n) is 3.67. The maximum absolute atomic E-state index is 13.9. The summed E-state index contributed by atoms with van der Waals surface area (Å²) < 4.78 is 13.9. The highest BCUT2D eigenvalue weighted by molar-refractivity contribution is 6.46. The molecule has 5 heteroatoms. The van der Waals surface area contributed by atoms with E-state index >= 15 is 0 Å². The fourth-order valence-corrected chi connectivity index (χ4v) is 2.52. The molecule has 0 spiro atoms. The van der Waals surface area contributed by atoms with Gasteiger partial charge < -0.3 is 0 Å². The predicted octanol–water partition coefficient (Wildman–Crippen LogP) is 6.19. The van der Waals surface area contributed by atoms with Crippen LogP contribution in [0.25, 0.3) is 11.1 Å². The first-order chi connectivity index (χ1) is 8.54. The Morgan fingerprint density at radius 2 is 1.61 bits per heavy atom. The highest BCUT2D eigenvalue weighted by Gasteiger charge is 2.15. The number of alkyl halides is 1. The molecule has 0 aromatic heterocycles. The molecule has 0 nitrogen and oxygen atoms in total. The molecule has 2 rings (SSSR count). The lowest BCUT2D eigenvalue weighted by molar-refractivity contribution is 0.631. The zero-order valence-electron chi connectivity index (χ0n) is 8.98. The topological polar surface area (TPSA) is 0 Å². The number of rotatable bonds is 2. The van der Waals surface area contributed by atoms with Crippen LogP contribution in [0.2, 0.25) is 15.1 Å². The van der Waals surface area contributed by atoms with Crippen LogP contribution in [0, 0.1) is 5.82 Å². The van der Waals surface area contributed by atoms with Gasteiger partial charge in [-0.1, -0.05) is 40.9 Å². The van der Waals surface area contributed by atoms with Crippen molar-refractivity contribution in [3.63, 3.8) is 0 Å². The van der Waals surface area contributed by atoms with E-state index in [0.717, 1.165) is 5.56 Å². The maximum Gasteiger partial charge on any atom is 0.131 e. The van der Waals surface area contributed by atoms with Gasteiger partial charge >= 0.3 is 0 Å². The highest BCUT2D eigenvalue weighted by Crippen LogP contribution is 2.40. The molecule has 0 atom stereocenters. The molecular formula is C13H7Cl4F. The average Bonchev–Trinajstić information content (AvgIpc) is 2.36. The zero-order chi connectivity index (χ0) is 13.3. The van der Waals surface area contributed by atoms with Crippen molar-refractivity contribution in [1.82, 2.24) is 0 Å². The van der Waals surface area contributed by atoms with Crippen LogP contribution in [0.1, 0.15) is 5.56 Å². The van der Waals surface area contributed by atoms with E-state index in [1.54, 1.807) is 24.3 Å². The first-order valence-electron chi connectivity index (χ1n) is 5.03. The molecule has 0 aliphatic rings. The van der Waals surface area contributed by atoms with Gasteiger partial charge in [0.1, 0.15) is 5.82 Å². The largest absolute Gasteiger partial charge is 0.206 e. The summed E-state index contributed by atoms with van der Waals surface area (Å²) in [4.78, 5) is 0. The van der Waals surface area contributed by atoms with Crippen molar-refractivity contribution in [2.24, 2.45) is 0 Å². The minimum absolute atomic E-state index is 0.231. The number of hydrogen-bond acceptors (Lipinski definition) is 0. The van der Waals surface area contributed by atoms with Crippen LogP contribution in [-0.4, -0.2) is 0 Å². The van der Waals surface area contributed by atoms with Crippen molar-refractivity contribution in [3.05, 3.63) is 56.8 Å². The molecule has 0 unspecified atom stereocenters. The van der Waals surface area contributed by atoms with Gasteiger partial charge in [0.05, 0.1) is 15.1 Å². The van der Waals surface area contributed by atoms with Crippen LogP contribution in [0.15, 0.2) is 30.3 Å². The highest BCUT2D eigenvalue weighted by atomic mass is 35.5. The molecule has 0 N–H and O–H groups in total. The summed E-state index contributed by atoms with van der Waals surface area (Å²) in [5, 5.41) is 0.900. The fraction of sp³-hybridized carbons (Fsp3) is 0.0769. The van der Waals surface area contributed by atoms with Gasteiger partial charge in [-0.2, -0.15) is 0 Å². The van der Waals surface area contributed by atoms with E-state index in [1.165, 1.54) is 6.07 Å². The summed E-state index contributed by atoms with van der Waals surface area (Å²) in [6.07, 6.45) is 0. The molecule has 0 radical (unpaired) electrons. The van der Waals surface area contributed by atoms with E-state index in [-0.39, 0.29) is 10.9 Å². The molecule has 0 aliphatic carbocycles. The van der Waals surface area contributed by atoms with Gasteiger partial charge in [-0.3, -0.25) is 0 Å². The van der Waals surface area contributed by atoms with Crippen LogP contribution >= 0.6 is 46.4 Å². The van der Waals surface area contributed by atoms with E-state index in [9.17, 15) is 4.39 Å². The third-order valence-corrected chi connectivity index (χ3v) is 3.93. The van der Waals surface area contributed by atoms with E-state index in [4.69, 9.17) is 46.4 Å². The SMILES string of the molecule is Fc1ccc(CCl)cc1-c1c(Cl)ccc(Cl)c1Cl. The minimum atomic E-state index is -0.421. The van der Waals surface area contributed by atoms with Crippen LogP contribution in [0.4, 0.5) is 4.39 Å². The van der Waals surface area contributed by atoms with Crippen molar-refractivity contribution in [1.29, 1.82) is 0 Å². The van der Waals surface area contributed by atoms with E-state index in [2.05, 4.69) is 0 Å². The lowest BCUT2D eigenvalue weighted by Crippen LogP contribution is -1.90. The molecule has 0 bridgehead atoms. The van der Waals surface area contributed by atoms with Crippen LogP contribution in [0.3, 0.4) is 0 Å². The van der Waals surface area contributed by atoms with Crippen LogP contribution in [-0.2, 0) is 5.88 Å². The lowest BCUT2D eigenvalue weighted by Gasteiger charge is -2.11. The molecule has 18 heavy (non-hydrogen) atoms. The van der Waals surface area contributed by atoms with Gasteiger partial charge in [0, 0.05) is 17.0 Å². The van der Waals surface area contributed by atoms with Crippen molar-refractivity contribution in [2.75, 3.05) is 0 Å². The second-order valence-corrected chi connectivity index (χ2v) is 5.13. The van der Waals surface area contributed by atoms with Crippen molar-refractivity contribution in [2.45, 2.75) is 5.88 Å². The van der Waals surface area contributed by atoms with E-state index in [1.807, 2.05) is 0 Å². The van der Waals surface area contributed by atoms with Crippen molar-refractivity contribution in [3.8, 4) is 11.1 Å². The molecule has 0 heterocycles. The minimum Gasteiger partial charge on any atom is -0.206 e. The fourth-order valence-electron chi connectivity index (χ4n) is 1.62.